The number of hydrogen-bond acceptors (Lipinski definition) is 5. The maximum Gasteiger partial charge on any atom is 0.338 e. The number of rotatable bonds is 6. The van der Waals surface area contributed by atoms with Gasteiger partial charge in [0.15, 0.2) is 0 Å². The monoisotopic (exact) mass is 266 g/mol. The summed E-state index contributed by atoms with van der Waals surface area (Å²) in [6.07, 6.45) is 0. The van der Waals surface area contributed by atoms with E-state index in [1.807, 2.05) is 13.0 Å². The summed E-state index contributed by atoms with van der Waals surface area (Å²) in [5, 5.41) is 14.4. The van der Waals surface area contributed by atoms with Crippen LogP contribution in [-0.2, 0) is 16.1 Å². The molecular weight excluding hydrogens is 248 g/mol. The normalized spacial score (nSPS) is 10.1. The van der Waals surface area contributed by atoms with Gasteiger partial charge in [-0.05, 0) is 30.2 Å². The Morgan fingerprint density at radius 2 is 2.05 bits per heavy atom. The third-order valence-electron chi connectivity index (χ3n) is 2.80. The molecule has 0 aromatic heterocycles. The van der Waals surface area contributed by atoms with Gasteiger partial charge in [0, 0.05) is 19.3 Å². The summed E-state index contributed by atoms with van der Waals surface area (Å²) >= 11 is 0. The lowest BCUT2D eigenvalue weighted by Crippen LogP contribution is -2.22. The van der Waals surface area contributed by atoms with Crippen LogP contribution in [-0.4, -0.2) is 37.7 Å². The second-order valence-corrected chi connectivity index (χ2v) is 4.05. The van der Waals surface area contributed by atoms with Gasteiger partial charge in [-0.25, -0.2) is 4.79 Å². The molecule has 0 saturated carbocycles. The smallest absolute Gasteiger partial charge is 0.338 e. The molecule has 0 fully saturated rings. The summed E-state index contributed by atoms with van der Waals surface area (Å²) in [6, 6.07) is 3.58. The molecule has 3 N–H and O–H groups in total. The van der Waals surface area contributed by atoms with E-state index in [2.05, 4.69) is 10.6 Å². The summed E-state index contributed by atoms with van der Waals surface area (Å²) in [5.41, 5.74) is 2.89. The Kier molecular flexibility index (Phi) is 5.32. The van der Waals surface area contributed by atoms with Gasteiger partial charge in [-0.15, -0.1) is 0 Å². The number of carboxylic acids is 1. The molecule has 0 radical (unpaired) electrons. The molecule has 0 spiro atoms. The zero-order chi connectivity index (χ0) is 14.4. The fourth-order valence-corrected chi connectivity index (χ4v) is 1.73. The van der Waals surface area contributed by atoms with E-state index in [4.69, 9.17) is 9.84 Å². The van der Waals surface area contributed by atoms with Gasteiger partial charge in [0.05, 0.1) is 19.2 Å². The van der Waals surface area contributed by atoms with Crippen molar-refractivity contribution in [1.29, 1.82) is 0 Å². The predicted octanol–water partition coefficient (Wildman–Crippen LogP) is 0.998. The van der Waals surface area contributed by atoms with Gasteiger partial charge < -0.3 is 20.5 Å². The van der Waals surface area contributed by atoms with E-state index in [9.17, 15) is 9.59 Å². The largest absolute Gasteiger partial charge is 0.480 e. The lowest BCUT2D eigenvalue weighted by atomic mass is 10.0. The number of anilines is 1. The summed E-state index contributed by atoms with van der Waals surface area (Å²) < 4.78 is 4.73. The van der Waals surface area contributed by atoms with Crippen LogP contribution in [0, 0.1) is 6.92 Å². The van der Waals surface area contributed by atoms with Crippen molar-refractivity contribution < 1.29 is 19.4 Å². The first kappa shape index (κ1) is 15.0. The van der Waals surface area contributed by atoms with Crippen LogP contribution in [0.2, 0.25) is 0 Å². The first-order valence-corrected chi connectivity index (χ1v) is 5.81. The number of benzene rings is 1. The highest BCUT2D eigenvalue weighted by atomic mass is 16.5. The van der Waals surface area contributed by atoms with Crippen molar-refractivity contribution in [2.24, 2.45) is 0 Å². The van der Waals surface area contributed by atoms with E-state index in [1.165, 1.54) is 7.11 Å². The Bertz CT molecular complexity index is 486. The molecule has 0 aliphatic heterocycles. The molecule has 0 atom stereocenters. The van der Waals surface area contributed by atoms with Crippen LogP contribution >= 0.6 is 0 Å². The first-order chi connectivity index (χ1) is 8.99. The minimum absolute atomic E-state index is 0.128. The topological polar surface area (TPSA) is 87.7 Å². The van der Waals surface area contributed by atoms with Crippen LogP contribution in [0.3, 0.4) is 0 Å². The summed E-state index contributed by atoms with van der Waals surface area (Å²) in [6.45, 7) is 2.05. The third kappa shape index (κ3) is 3.96. The molecule has 19 heavy (non-hydrogen) atoms. The molecule has 0 aliphatic carbocycles. The number of carbonyl (C=O) groups excluding carboxylic acids is 1. The molecule has 0 heterocycles. The van der Waals surface area contributed by atoms with Crippen molar-refractivity contribution in [3.63, 3.8) is 0 Å². The van der Waals surface area contributed by atoms with E-state index < -0.39 is 11.9 Å². The minimum atomic E-state index is -0.921. The Labute approximate surface area is 111 Å². The quantitative estimate of drug-likeness (QED) is 0.666. The van der Waals surface area contributed by atoms with E-state index in [0.29, 0.717) is 12.1 Å². The molecule has 1 rings (SSSR count). The van der Waals surface area contributed by atoms with Crippen LogP contribution in [0.25, 0.3) is 0 Å². The Morgan fingerprint density at radius 1 is 1.37 bits per heavy atom. The first-order valence-electron chi connectivity index (χ1n) is 5.81. The average Bonchev–Trinajstić information content (AvgIpc) is 2.39. The van der Waals surface area contributed by atoms with Crippen molar-refractivity contribution in [2.45, 2.75) is 13.5 Å². The number of ether oxygens (including phenoxy) is 1. The van der Waals surface area contributed by atoms with Crippen molar-refractivity contribution >= 4 is 17.6 Å². The summed E-state index contributed by atoms with van der Waals surface area (Å²) in [4.78, 5) is 22.1. The van der Waals surface area contributed by atoms with E-state index in [1.54, 1.807) is 13.1 Å². The van der Waals surface area contributed by atoms with E-state index in [0.717, 1.165) is 16.8 Å². The van der Waals surface area contributed by atoms with Gasteiger partial charge in [-0.1, -0.05) is 0 Å². The second-order valence-electron chi connectivity index (χ2n) is 4.05. The second kappa shape index (κ2) is 6.75. The number of hydrogen-bond donors (Lipinski definition) is 3. The SMILES string of the molecule is CNc1cc(CNCC(=O)O)c(C)c(C(=O)OC)c1. The van der Waals surface area contributed by atoms with E-state index >= 15 is 0 Å². The molecule has 0 saturated heterocycles. The molecule has 1 aromatic rings. The maximum absolute atomic E-state index is 11.7. The van der Waals surface area contributed by atoms with Crippen molar-refractivity contribution in [3.05, 3.63) is 28.8 Å². The molecule has 6 heteroatoms. The molecule has 0 amide bonds. The van der Waals surface area contributed by atoms with Crippen LogP contribution in [0.1, 0.15) is 21.5 Å². The van der Waals surface area contributed by atoms with Gasteiger partial charge in [-0.3, -0.25) is 4.79 Å². The molecule has 0 bridgehead atoms. The molecular formula is C13H18N2O4. The highest BCUT2D eigenvalue weighted by Gasteiger charge is 2.14. The van der Waals surface area contributed by atoms with Crippen molar-refractivity contribution in [3.8, 4) is 0 Å². The average molecular weight is 266 g/mol. The number of carbonyl (C=O) groups is 2. The van der Waals surface area contributed by atoms with Gasteiger partial charge >= 0.3 is 11.9 Å². The van der Waals surface area contributed by atoms with Crippen molar-refractivity contribution in [1.82, 2.24) is 5.32 Å². The van der Waals surface area contributed by atoms with Crippen LogP contribution in [0.5, 0.6) is 0 Å². The van der Waals surface area contributed by atoms with Crippen LogP contribution in [0.4, 0.5) is 5.69 Å². The van der Waals surface area contributed by atoms with Crippen LogP contribution < -0.4 is 10.6 Å². The molecule has 6 nitrogen and oxygen atoms in total. The number of carboxylic acid groups (broad SMARTS) is 1. The van der Waals surface area contributed by atoms with Gasteiger partial charge in [0.1, 0.15) is 0 Å². The number of esters is 1. The van der Waals surface area contributed by atoms with Crippen LogP contribution in [0.15, 0.2) is 12.1 Å². The summed E-state index contributed by atoms with van der Waals surface area (Å²) in [7, 11) is 3.08. The Balaban J connectivity index is 3.02. The minimum Gasteiger partial charge on any atom is -0.480 e. The zero-order valence-corrected chi connectivity index (χ0v) is 11.2. The van der Waals surface area contributed by atoms with Crippen molar-refractivity contribution in [2.75, 3.05) is 26.0 Å². The molecule has 1 aromatic carbocycles. The fraction of sp³-hybridized carbons (Fsp3) is 0.385. The van der Waals surface area contributed by atoms with Gasteiger partial charge in [0.25, 0.3) is 0 Å². The highest BCUT2D eigenvalue weighted by Crippen LogP contribution is 2.21. The summed E-state index contributed by atoms with van der Waals surface area (Å²) in [5.74, 6) is -1.33. The highest BCUT2D eigenvalue weighted by molar-refractivity contribution is 5.92. The molecule has 104 valence electrons. The number of nitrogens with one attached hydrogen (secondary N) is 2. The molecule has 0 unspecified atom stereocenters. The Morgan fingerprint density at radius 3 is 2.58 bits per heavy atom. The number of aliphatic carboxylic acids is 1. The lowest BCUT2D eigenvalue weighted by Gasteiger charge is -2.13. The fourth-order valence-electron chi connectivity index (χ4n) is 1.73. The molecule has 0 aliphatic rings. The third-order valence-corrected chi connectivity index (χ3v) is 2.80. The standard InChI is InChI=1S/C13H18N2O4/c1-8-9(6-15-7-12(16)17)4-10(14-2)5-11(8)13(18)19-3/h4-5,14-15H,6-7H2,1-3H3,(H,16,17). The zero-order valence-electron chi connectivity index (χ0n) is 11.2. The van der Waals surface area contributed by atoms with Gasteiger partial charge in [-0.2, -0.15) is 0 Å². The lowest BCUT2D eigenvalue weighted by molar-refractivity contribution is -0.136. The Hall–Kier alpha value is -2.08. The maximum atomic E-state index is 11.7. The number of methoxy groups -OCH3 is 1. The van der Waals surface area contributed by atoms with E-state index in [-0.39, 0.29) is 6.54 Å². The van der Waals surface area contributed by atoms with Gasteiger partial charge in [0.2, 0.25) is 0 Å². The predicted molar refractivity (Wildman–Crippen MR) is 71.4 cm³/mol.